The average molecular weight is 483 g/mol. The van der Waals surface area contributed by atoms with Crippen molar-refractivity contribution in [1.82, 2.24) is 40.1 Å². The second kappa shape index (κ2) is 8.98. The average Bonchev–Trinajstić information content (AvgIpc) is 3.31. The van der Waals surface area contributed by atoms with Gasteiger partial charge in [-0.3, -0.25) is 4.79 Å². The molecule has 0 aliphatic heterocycles. The summed E-state index contributed by atoms with van der Waals surface area (Å²) in [5.41, 5.74) is 1.72. The number of aromatic amines is 1. The largest absolute Gasteiger partial charge is 0.319 e. The monoisotopic (exact) mass is 482 g/mol. The molecule has 0 radical (unpaired) electrons. The predicted molar refractivity (Wildman–Crippen MR) is 119 cm³/mol. The molecule has 4 aromatic rings. The number of tetrazole rings is 1. The van der Waals surface area contributed by atoms with Gasteiger partial charge in [-0.1, -0.05) is 34.5 Å². The Morgan fingerprint density at radius 3 is 2.60 bits per heavy atom. The van der Waals surface area contributed by atoms with E-state index in [2.05, 4.69) is 25.4 Å². The highest BCUT2D eigenvalue weighted by molar-refractivity contribution is 7.99. The standard InChI is InChI=1S/C17H16Cl2N8OS2/c1-26(2)4-3-5-27-16(23-24-25-27)30-15-14(13-8-20-17(28)29-13)21-11-6-9(18)10(19)7-12(11)22-15/h6-8H,3-5H2,1-2H3,(H,20,28). The number of nitrogens with zero attached hydrogens (tertiary/aromatic N) is 7. The lowest BCUT2D eigenvalue weighted by Crippen LogP contribution is -2.15. The van der Waals surface area contributed by atoms with Crippen LogP contribution in [0.4, 0.5) is 0 Å². The van der Waals surface area contributed by atoms with Crippen molar-refractivity contribution in [1.29, 1.82) is 0 Å². The quantitative estimate of drug-likeness (QED) is 0.426. The van der Waals surface area contributed by atoms with Crippen LogP contribution in [0.5, 0.6) is 0 Å². The molecule has 0 bridgehead atoms. The fraction of sp³-hybridized carbons (Fsp3) is 0.294. The number of thiazole rings is 1. The van der Waals surface area contributed by atoms with Gasteiger partial charge < -0.3 is 9.88 Å². The molecule has 156 valence electrons. The molecule has 0 spiro atoms. The summed E-state index contributed by atoms with van der Waals surface area (Å²) < 4.78 is 1.73. The van der Waals surface area contributed by atoms with Gasteiger partial charge in [0.15, 0.2) is 0 Å². The number of aromatic nitrogens is 7. The van der Waals surface area contributed by atoms with Crippen molar-refractivity contribution in [2.45, 2.75) is 23.1 Å². The van der Waals surface area contributed by atoms with Crippen LogP contribution in [0, 0.1) is 0 Å². The first-order chi connectivity index (χ1) is 14.4. The molecule has 0 amide bonds. The highest BCUT2D eigenvalue weighted by Gasteiger charge is 2.19. The minimum absolute atomic E-state index is 0.175. The van der Waals surface area contributed by atoms with Gasteiger partial charge in [-0.25, -0.2) is 14.6 Å². The summed E-state index contributed by atoms with van der Waals surface area (Å²) in [5, 5.41) is 13.9. The lowest BCUT2D eigenvalue weighted by molar-refractivity contribution is 0.373. The Kier molecular flexibility index (Phi) is 6.34. The van der Waals surface area contributed by atoms with E-state index in [9.17, 15) is 4.79 Å². The second-order valence-corrected chi connectivity index (χ2v) is 9.40. The Morgan fingerprint density at radius 1 is 1.20 bits per heavy atom. The van der Waals surface area contributed by atoms with Crippen LogP contribution in [0.1, 0.15) is 6.42 Å². The number of rotatable bonds is 7. The molecule has 0 unspecified atom stereocenters. The number of halogens is 2. The van der Waals surface area contributed by atoms with Crippen molar-refractivity contribution in [3.05, 3.63) is 38.0 Å². The van der Waals surface area contributed by atoms with E-state index in [0.29, 0.717) is 48.4 Å². The second-order valence-electron chi connectivity index (χ2n) is 6.62. The Bertz CT molecular complexity index is 1250. The van der Waals surface area contributed by atoms with Crippen LogP contribution < -0.4 is 4.87 Å². The van der Waals surface area contributed by atoms with Crippen molar-refractivity contribution in [3.63, 3.8) is 0 Å². The van der Waals surface area contributed by atoms with Crippen molar-refractivity contribution in [2.24, 2.45) is 0 Å². The molecular formula is C17H16Cl2N8OS2. The smallest absolute Gasteiger partial charge is 0.305 e. The molecule has 30 heavy (non-hydrogen) atoms. The summed E-state index contributed by atoms with van der Waals surface area (Å²) in [6.07, 6.45) is 2.51. The van der Waals surface area contributed by atoms with Crippen LogP contribution in [0.25, 0.3) is 21.6 Å². The zero-order chi connectivity index (χ0) is 21.3. The lowest BCUT2D eigenvalue weighted by Gasteiger charge is -2.10. The number of fused-ring (bicyclic) bond motifs is 1. The Labute approximate surface area is 189 Å². The van der Waals surface area contributed by atoms with Gasteiger partial charge in [-0.05, 0) is 61.4 Å². The highest BCUT2D eigenvalue weighted by atomic mass is 35.5. The number of hydrogen-bond donors (Lipinski definition) is 1. The third-order valence-electron chi connectivity index (χ3n) is 4.09. The zero-order valence-electron chi connectivity index (χ0n) is 16.0. The van der Waals surface area contributed by atoms with Gasteiger partial charge in [0.1, 0.15) is 10.7 Å². The van der Waals surface area contributed by atoms with Gasteiger partial charge in [0.05, 0.1) is 26.0 Å². The van der Waals surface area contributed by atoms with E-state index < -0.39 is 0 Å². The molecule has 3 aromatic heterocycles. The van der Waals surface area contributed by atoms with Crippen LogP contribution in [-0.2, 0) is 6.54 Å². The number of aryl methyl sites for hydroxylation is 1. The van der Waals surface area contributed by atoms with E-state index in [1.165, 1.54) is 11.8 Å². The summed E-state index contributed by atoms with van der Waals surface area (Å²) in [4.78, 5) is 26.4. The number of hydrogen-bond acceptors (Lipinski definition) is 9. The van der Waals surface area contributed by atoms with Gasteiger partial charge in [-0.15, -0.1) is 5.10 Å². The van der Waals surface area contributed by atoms with Crippen molar-refractivity contribution >= 4 is 57.3 Å². The Balaban J connectivity index is 1.75. The van der Waals surface area contributed by atoms with Crippen molar-refractivity contribution < 1.29 is 0 Å². The first-order valence-corrected chi connectivity index (χ1v) is 11.2. The number of nitrogens with one attached hydrogen (secondary N) is 1. The highest BCUT2D eigenvalue weighted by Crippen LogP contribution is 2.36. The summed E-state index contributed by atoms with van der Waals surface area (Å²) in [6.45, 7) is 1.59. The van der Waals surface area contributed by atoms with Crippen LogP contribution >= 0.6 is 46.3 Å². The first kappa shape index (κ1) is 21.2. The maximum Gasteiger partial charge on any atom is 0.305 e. The van der Waals surface area contributed by atoms with Crippen LogP contribution in [0.15, 0.2) is 33.3 Å². The molecule has 0 saturated heterocycles. The molecule has 1 N–H and O–H groups in total. The minimum atomic E-state index is -0.175. The van der Waals surface area contributed by atoms with E-state index in [0.717, 1.165) is 24.3 Å². The molecule has 1 aromatic carbocycles. The first-order valence-electron chi connectivity index (χ1n) is 8.85. The molecule has 13 heteroatoms. The maximum atomic E-state index is 11.7. The van der Waals surface area contributed by atoms with Gasteiger partial charge in [0.25, 0.3) is 0 Å². The third-order valence-corrected chi connectivity index (χ3v) is 6.60. The van der Waals surface area contributed by atoms with E-state index in [1.54, 1.807) is 23.0 Å². The number of H-pyrrole nitrogens is 1. The van der Waals surface area contributed by atoms with Crippen molar-refractivity contribution in [3.8, 4) is 10.6 Å². The molecule has 4 rings (SSSR count). The molecule has 0 fully saturated rings. The number of benzene rings is 1. The Morgan fingerprint density at radius 2 is 1.93 bits per heavy atom. The fourth-order valence-corrected chi connectivity index (χ4v) is 4.63. The molecule has 0 atom stereocenters. The lowest BCUT2D eigenvalue weighted by atomic mass is 10.3. The SMILES string of the molecule is CN(C)CCCn1nnnc1Sc1nc2cc(Cl)c(Cl)cc2nc1-c1c[nH]c(=O)s1. The normalized spacial score (nSPS) is 11.6. The third kappa shape index (κ3) is 4.65. The maximum absolute atomic E-state index is 11.7. The van der Waals surface area contributed by atoms with Gasteiger partial charge in [0, 0.05) is 12.7 Å². The van der Waals surface area contributed by atoms with Crippen LogP contribution in [0.3, 0.4) is 0 Å². The molecular weight excluding hydrogens is 467 g/mol. The van der Waals surface area contributed by atoms with Gasteiger partial charge >= 0.3 is 4.87 Å². The summed E-state index contributed by atoms with van der Waals surface area (Å²) in [7, 11) is 4.04. The Hall–Kier alpha value is -2.05. The van der Waals surface area contributed by atoms with E-state index in [4.69, 9.17) is 33.2 Å². The predicted octanol–water partition coefficient (Wildman–Crippen LogP) is 3.44. The van der Waals surface area contributed by atoms with E-state index in [1.807, 2.05) is 14.1 Å². The molecule has 9 nitrogen and oxygen atoms in total. The van der Waals surface area contributed by atoms with Crippen LogP contribution in [0.2, 0.25) is 10.0 Å². The van der Waals surface area contributed by atoms with Gasteiger partial charge in [0.2, 0.25) is 5.16 Å². The molecule has 0 aliphatic carbocycles. The van der Waals surface area contributed by atoms with Crippen molar-refractivity contribution in [2.75, 3.05) is 20.6 Å². The fourth-order valence-electron chi connectivity index (χ4n) is 2.70. The van der Waals surface area contributed by atoms with E-state index in [-0.39, 0.29) is 4.87 Å². The summed E-state index contributed by atoms with van der Waals surface area (Å²) in [5.74, 6) is 0. The molecule has 0 aliphatic rings. The molecule has 3 heterocycles. The van der Waals surface area contributed by atoms with Gasteiger partial charge in [-0.2, -0.15) is 0 Å². The van der Waals surface area contributed by atoms with Crippen LogP contribution in [-0.4, -0.2) is 60.7 Å². The minimum Gasteiger partial charge on any atom is -0.319 e. The van der Waals surface area contributed by atoms with E-state index >= 15 is 0 Å². The summed E-state index contributed by atoms with van der Waals surface area (Å²) in [6, 6.07) is 3.32. The summed E-state index contributed by atoms with van der Waals surface area (Å²) >= 11 is 14.6. The topological polar surface area (TPSA) is 105 Å². The molecule has 0 saturated carbocycles. The zero-order valence-corrected chi connectivity index (χ0v) is 19.1.